The van der Waals surface area contributed by atoms with E-state index < -0.39 is 30.4 Å². The summed E-state index contributed by atoms with van der Waals surface area (Å²) in [5.74, 6) is -2.19. The highest BCUT2D eigenvalue weighted by molar-refractivity contribution is 7.17. The summed E-state index contributed by atoms with van der Waals surface area (Å²) in [6.45, 7) is -0.459. The quantitative estimate of drug-likeness (QED) is 0.421. The van der Waals surface area contributed by atoms with Crippen molar-refractivity contribution < 1.29 is 28.7 Å². The second kappa shape index (κ2) is 8.79. The zero-order valence-electron chi connectivity index (χ0n) is 16.9. The Labute approximate surface area is 186 Å². The average molecular weight is 456 g/mol. The van der Waals surface area contributed by atoms with Crippen LogP contribution in [0.4, 0.5) is 9.80 Å². The van der Waals surface area contributed by atoms with Crippen molar-refractivity contribution in [3.05, 3.63) is 51.4 Å². The Balaban J connectivity index is 1.32. The number of carbonyl (C=O) groups excluding carboxylic acids is 5. The molecule has 1 aromatic heterocycles. The number of nitrogens with zero attached hydrogens (tertiary/aromatic N) is 1. The van der Waals surface area contributed by atoms with Crippen LogP contribution in [0.2, 0.25) is 0 Å². The number of esters is 1. The van der Waals surface area contributed by atoms with E-state index in [1.165, 1.54) is 23.5 Å². The van der Waals surface area contributed by atoms with Gasteiger partial charge in [-0.1, -0.05) is 12.1 Å². The summed E-state index contributed by atoms with van der Waals surface area (Å²) in [4.78, 5) is 61.7. The van der Waals surface area contributed by atoms with Gasteiger partial charge in [0.1, 0.15) is 5.00 Å². The second-order valence-electron chi connectivity index (χ2n) is 7.39. The number of benzene rings is 1. The molecule has 4 rings (SSSR count). The van der Waals surface area contributed by atoms with E-state index in [0.29, 0.717) is 16.1 Å². The van der Waals surface area contributed by atoms with Crippen LogP contribution in [0.5, 0.6) is 0 Å². The molecular weight excluding hydrogens is 436 g/mol. The number of aryl methyl sites for hydroxylation is 1. The van der Waals surface area contributed by atoms with Crippen molar-refractivity contribution >= 4 is 46.1 Å². The Morgan fingerprint density at radius 3 is 2.56 bits per heavy atom. The molecule has 0 unspecified atom stereocenters. The van der Waals surface area contributed by atoms with Crippen molar-refractivity contribution in [3.8, 4) is 0 Å². The van der Waals surface area contributed by atoms with E-state index in [4.69, 9.17) is 10.5 Å². The van der Waals surface area contributed by atoms with Crippen LogP contribution in [0, 0.1) is 0 Å². The third-order valence-corrected chi connectivity index (χ3v) is 6.43. The average Bonchev–Trinajstić information content (AvgIpc) is 3.43. The summed E-state index contributed by atoms with van der Waals surface area (Å²) < 4.78 is 5.06. The lowest BCUT2D eigenvalue weighted by atomic mass is 10.1. The third kappa shape index (κ3) is 4.33. The number of fused-ring (bicyclic) bond motifs is 1. The minimum atomic E-state index is -0.703. The first-order chi connectivity index (χ1) is 15.3. The molecule has 1 saturated heterocycles. The number of amides is 5. The highest BCUT2D eigenvalue weighted by atomic mass is 32.1. The summed E-state index contributed by atoms with van der Waals surface area (Å²) in [7, 11) is 0. The Kier molecular flexibility index (Phi) is 5.91. The van der Waals surface area contributed by atoms with Gasteiger partial charge >= 0.3 is 12.0 Å². The Hall–Kier alpha value is -3.73. The number of nitrogens with one attached hydrogen (secondary N) is 2. The van der Waals surface area contributed by atoms with Gasteiger partial charge in [-0.2, -0.15) is 0 Å². The Morgan fingerprint density at radius 2 is 1.91 bits per heavy atom. The lowest BCUT2D eigenvalue weighted by molar-refractivity contribution is -0.125. The van der Waals surface area contributed by atoms with Crippen LogP contribution < -0.4 is 16.4 Å². The number of hydrogen-bond acceptors (Lipinski definition) is 7. The zero-order chi connectivity index (χ0) is 22.8. The highest BCUT2D eigenvalue weighted by Gasteiger charge is 2.28. The number of nitrogens with two attached hydrogens (primary N) is 1. The fraction of sp³-hybridized carbons (Fsp3) is 0.286. The molecule has 4 N–H and O–H groups in total. The lowest BCUT2D eigenvalue weighted by Crippen LogP contribution is -2.30. The Bertz CT molecular complexity index is 1110. The minimum absolute atomic E-state index is 0.0274. The van der Waals surface area contributed by atoms with Gasteiger partial charge in [0.05, 0.1) is 24.2 Å². The number of primary amides is 1. The monoisotopic (exact) mass is 456 g/mol. The summed E-state index contributed by atoms with van der Waals surface area (Å²) in [6.07, 6.45) is 2.55. The summed E-state index contributed by atoms with van der Waals surface area (Å²) in [6, 6.07) is 5.72. The first-order valence-electron chi connectivity index (χ1n) is 9.92. The van der Waals surface area contributed by atoms with Crippen molar-refractivity contribution in [2.75, 3.05) is 18.5 Å². The molecule has 0 spiro atoms. The van der Waals surface area contributed by atoms with E-state index in [-0.39, 0.29) is 24.6 Å². The molecule has 5 amide bonds. The molecule has 1 fully saturated rings. The number of thiophene rings is 1. The molecule has 2 aromatic rings. The number of anilines is 1. The third-order valence-electron chi connectivity index (χ3n) is 5.22. The standard InChI is InChI=1S/C21H20N4O6S/c22-18(28)17-13-2-1-3-14(13)32-19(17)24-15(26)10-31-20(29)12-6-4-11(5-7-12)9-25-16(27)8-23-21(25)30/h4-7H,1-3,8-10H2,(H2,22,28)(H,23,30)(H,24,26). The van der Waals surface area contributed by atoms with Crippen molar-refractivity contribution in [1.29, 1.82) is 0 Å². The molecule has 11 heteroatoms. The number of carbonyl (C=O) groups is 5. The van der Waals surface area contributed by atoms with Gasteiger partial charge in [-0.25, -0.2) is 9.59 Å². The number of rotatable bonds is 7. The maximum Gasteiger partial charge on any atom is 0.338 e. The van der Waals surface area contributed by atoms with Gasteiger partial charge in [0.25, 0.3) is 11.8 Å². The van der Waals surface area contributed by atoms with Crippen LogP contribution in [0.3, 0.4) is 0 Å². The molecule has 0 atom stereocenters. The number of hydrogen-bond donors (Lipinski definition) is 3. The van der Waals surface area contributed by atoms with Crippen molar-refractivity contribution in [1.82, 2.24) is 10.2 Å². The fourth-order valence-electron chi connectivity index (χ4n) is 3.67. The molecular formula is C21H20N4O6S. The van der Waals surface area contributed by atoms with Gasteiger partial charge in [-0.3, -0.25) is 19.3 Å². The summed E-state index contributed by atoms with van der Waals surface area (Å²) >= 11 is 1.32. The molecule has 1 aliphatic carbocycles. The lowest BCUT2D eigenvalue weighted by Gasteiger charge is -2.12. The van der Waals surface area contributed by atoms with E-state index in [9.17, 15) is 24.0 Å². The second-order valence-corrected chi connectivity index (χ2v) is 8.49. The van der Waals surface area contributed by atoms with E-state index in [2.05, 4.69) is 10.6 Å². The van der Waals surface area contributed by atoms with Gasteiger partial charge < -0.3 is 21.1 Å². The van der Waals surface area contributed by atoms with E-state index in [0.717, 1.165) is 34.6 Å². The summed E-state index contributed by atoms with van der Waals surface area (Å²) in [5.41, 5.74) is 7.58. The van der Waals surface area contributed by atoms with Crippen LogP contribution in [0.25, 0.3) is 0 Å². The van der Waals surface area contributed by atoms with Gasteiger partial charge in [-0.15, -0.1) is 11.3 Å². The predicted octanol–water partition coefficient (Wildman–Crippen LogP) is 1.18. The normalized spacial score (nSPS) is 14.8. The van der Waals surface area contributed by atoms with Gasteiger partial charge in [-0.05, 0) is 42.5 Å². The van der Waals surface area contributed by atoms with Crippen LogP contribution in [-0.2, 0) is 33.7 Å². The van der Waals surface area contributed by atoms with Crippen molar-refractivity contribution in [2.24, 2.45) is 5.73 Å². The van der Waals surface area contributed by atoms with Crippen molar-refractivity contribution in [2.45, 2.75) is 25.8 Å². The van der Waals surface area contributed by atoms with Crippen molar-refractivity contribution in [3.63, 3.8) is 0 Å². The molecule has 2 heterocycles. The van der Waals surface area contributed by atoms with E-state index >= 15 is 0 Å². The van der Waals surface area contributed by atoms with Gasteiger partial charge in [0, 0.05) is 4.88 Å². The fourth-order valence-corrected chi connectivity index (χ4v) is 4.99. The first kappa shape index (κ1) is 21.5. The molecule has 2 aliphatic rings. The smallest absolute Gasteiger partial charge is 0.338 e. The topological polar surface area (TPSA) is 148 Å². The molecule has 0 saturated carbocycles. The number of urea groups is 1. The first-order valence-corrected chi connectivity index (χ1v) is 10.7. The summed E-state index contributed by atoms with van der Waals surface area (Å²) in [5, 5.41) is 5.43. The molecule has 0 bridgehead atoms. The molecule has 32 heavy (non-hydrogen) atoms. The molecule has 0 radical (unpaired) electrons. The van der Waals surface area contributed by atoms with Crippen LogP contribution in [0.15, 0.2) is 24.3 Å². The number of imide groups is 1. The van der Waals surface area contributed by atoms with Gasteiger partial charge in [0.2, 0.25) is 5.91 Å². The maximum absolute atomic E-state index is 12.2. The minimum Gasteiger partial charge on any atom is -0.452 e. The maximum atomic E-state index is 12.2. The van der Waals surface area contributed by atoms with Crippen LogP contribution in [-0.4, -0.2) is 47.8 Å². The predicted molar refractivity (Wildman–Crippen MR) is 114 cm³/mol. The molecule has 10 nitrogen and oxygen atoms in total. The number of ether oxygens (including phenoxy) is 1. The van der Waals surface area contributed by atoms with E-state index in [1.807, 2.05) is 0 Å². The van der Waals surface area contributed by atoms with Gasteiger partial charge in [0.15, 0.2) is 6.61 Å². The highest BCUT2D eigenvalue weighted by Crippen LogP contribution is 2.38. The van der Waals surface area contributed by atoms with E-state index in [1.54, 1.807) is 12.1 Å². The van der Waals surface area contributed by atoms with Crippen LogP contribution in [0.1, 0.15) is 43.1 Å². The molecule has 1 aliphatic heterocycles. The molecule has 1 aromatic carbocycles. The Morgan fingerprint density at radius 1 is 1.16 bits per heavy atom. The largest absolute Gasteiger partial charge is 0.452 e. The SMILES string of the molecule is NC(=O)c1c(NC(=O)COC(=O)c2ccc(CN3C(=O)CNC3=O)cc2)sc2c1CCC2. The zero-order valence-corrected chi connectivity index (χ0v) is 17.8. The van der Waals surface area contributed by atoms with Crippen LogP contribution >= 0.6 is 11.3 Å². The molecule has 166 valence electrons.